The average Bonchev–Trinajstić information content (AvgIpc) is 2.37. The van der Waals surface area contributed by atoms with Gasteiger partial charge < -0.3 is 5.32 Å². The Balaban J connectivity index is 2.15. The summed E-state index contributed by atoms with van der Waals surface area (Å²) in [5.74, 6) is 0.0650. The van der Waals surface area contributed by atoms with Crippen molar-refractivity contribution in [3.63, 3.8) is 0 Å². The molecule has 1 N–H and O–H groups in total. The number of aryl methyl sites for hydroxylation is 1. The van der Waals surface area contributed by atoms with Crippen molar-refractivity contribution < 1.29 is 9.31 Å². The first-order chi connectivity index (χ1) is 9.06. The molecule has 7 heteroatoms. The third-order valence-corrected chi connectivity index (χ3v) is 2.45. The zero-order valence-corrected chi connectivity index (χ0v) is 10.1. The molecule has 0 saturated heterocycles. The Morgan fingerprint density at radius 2 is 2.21 bits per heavy atom. The molecule has 0 aliphatic carbocycles. The first-order valence-electron chi connectivity index (χ1n) is 5.52. The van der Waals surface area contributed by atoms with Crippen molar-refractivity contribution in [2.75, 3.05) is 5.32 Å². The molecule has 0 atom stereocenters. The van der Waals surface area contributed by atoms with E-state index in [1.54, 1.807) is 19.2 Å². The monoisotopic (exact) mass is 262 g/mol. The number of nitrogens with one attached hydrogen (secondary N) is 1. The summed E-state index contributed by atoms with van der Waals surface area (Å²) in [7, 11) is 0. The van der Waals surface area contributed by atoms with Gasteiger partial charge in [-0.1, -0.05) is 0 Å². The molecule has 0 radical (unpaired) electrons. The minimum Gasteiger partial charge on any atom is -0.377 e. The van der Waals surface area contributed by atoms with Crippen LogP contribution >= 0.6 is 0 Å². The van der Waals surface area contributed by atoms with E-state index in [4.69, 9.17) is 0 Å². The first-order valence-corrected chi connectivity index (χ1v) is 5.52. The van der Waals surface area contributed by atoms with Gasteiger partial charge in [-0.25, -0.2) is 14.4 Å². The van der Waals surface area contributed by atoms with Crippen LogP contribution in [0.2, 0.25) is 0 Å². The van der Waals surface area contributed by atoms with Gasteiger partial charge in [0.25, 0.3) is 5.69 Å². The maximum Gasteiger partial charge on any atom is 0.271 e. The van der Waals surface area contributed by atoms with Crippen LogP contribution in [0.25, 0.3) is 0 Å². The molecule has 1 heterocycles. The summed E-state index contributed by atoms with van der Waals surface area (Å²) in [5, 5.41) is 13.4. The van der Waals surface area contributed by atoms with Crippen LogP contribution in [0.5, 0.6) is 0 Å². The Labute approximate surface area is 108 Å². The highest BCUT2D eigenvalue weighted by Crippen LogP contribution is 2.21. The molecule has 0 spiro atoms. The minimum atomic E-state index is -0.570. The van der Waals surface area contributed by atoms with Crippen LogP contribution in [0.15, 0.2) is 30.5 Å². The van der Waals surface area contributed by atoms with Gasteiger partial charge in [0, 0.05) is 18.3 Å². The molecule has 98 valence electrons. The van der Waals surface area contributed by atoms with E-state index in [0.717, 1.165) is 18.2 Å². The lowest BCUT2D eigenvalue weighted by Crippen LogP contribution is -2.05. The van der Waals surface area contributed by atoms with Crippen molar-refractivity contribution >= 4 is 11.4 Å². The number of aromatic nitrogens is 2. The van der Waals surface area contributed by atoms with Crippen molar-refractivity contribution in [2.45, 2.75) is 13.5 Å². The van der Waals surface area contributed by atoms with Crippen molar-refractivity contribution in [2.24, 2.45) is 0 Å². The molecule has 0 bridgehead atoms. The standard InChI is InChI=1S/C12H11FN4O2/c1-8-14-5-4-9(16-8)7-15-12-6-10(17(18)19)2-3-11(12)13/h2-6,15H,7H2,1H3. The molecule has 0 saturated carbocycles. The van der Waals surface area contributed by atoms with Crippen molar-refractivity contribution in [3.8, 4) is 0 Å². The molecule has 2 aromatic rings. The molecule has 19 heavy (non-hydrogen) atoms. The Morgan fingerprint density at radius 3 is 2.89 bits per heavy atom. The number of anilines is 1. The van der Waals surface area contributed by atoms with Gasteiger partial charge >= 0.3 is 0 Å². The minimum absolute atomic E-state index is 0.0745. The predicted octanol–water partition coefficient (Wildman–Crippen LogP) is 2.44. The summed E-state index contributed by atoms with van der Waals surface area (Å²) in [6.45, 7) is 2.01. The number of nitro benzene ring substituents is 1. The fraction of sp³-hybridized carbons (Fsp3) is 0.167. The van der Waals surface area contributed by atoms with E-state index in [2.05, 4.69) is 15.3 Å². The van der Waals surface area contributed by atoms with Gasteiger partial charge in [0.2, 0.25) is 0 Å². The molecule has 1 aromatic heterocycles. The van der Waals surface area contributed by atoms with Gasteiger partial charge in [0.05, 0.1) is 22.8 Å². The second kappa shape index (κ2) is 5.38. The van der Waals surface area contributed by atoms with Crippen LogP contribution in [-0.4, -0.2) is 14.9 Å². The number of benzene rings is 1. The van der Waals surface area contributed by atoms with Crippen LogP contribution in [0, 0.1) is 22.9 Å². The molecule has 0 amide bonds. The average molecular weight is 262 g/mol. The number of halogens is 1. The predicted molar refractivity (Wildman–Crippen MR) is 67.2 cm³/mol. The van der Waals surface area contributed by atoms with Crippen LogP contribution in [0.1, 0.15) is 11.5 Å². The zero-order chi connectivity index (χ0) is 13.8. The quantitative estimate of drug-likeness (QED) is 0.676. The molecule has 1 aromatic carbocycles. The number of rotatable bonds is 4. The molecular formula is C12H11FN4O2. The van der Waals surface area contributed by atoms with E-state index in [1.165, 1.54) is 0 Å². The van der Waals surface area contributed by atoms with Crippen LogP contribution in [0.4, 0.5) is 15.8 Å². The van der Waals surface area contributed by atoms with Gasteiger partial charge in [-0.2, -0.15) is 0 Å². The van der Waals surface area contributed by atoms with Gasteiger partial charge in [-0.3, -0.25) is 10.1 Å². The SMILES string of the molecule is Cc1nccc(CNc2cc([N+](=O)[O-])ccc2F)n1. The summed E-state index contributed by atoms with van der Waals surface area (Å²) in [6, 6.07) is 5.03. The molecule has 0 fully saturated rings. The highest BCUT2D eigenvalue weighted by Gasteiger charge is 2.10. The number of nitro groups is 1. The van der Waals surface area contributed by atoms with E-state index in [-0.39, 0.29) is 17.9 Å². The highest BCUT2D eigenvalue weighted by molar-refractivity contribution is 5.52. The number of hydrogen-bond acceptors (Lipinski definition) is 5. The second-order valence-electron chi connectivity index (χ2n) is 3.87. The lowest BCUT2D eigenvalue weighted by Gasteiger charge is -2.07. The summed E-state index contributed by atoms with van der Waals surface area (Å²) in [5.41, 5.74) is 0.589. The van der Waals surface area contributed by atoms with Crippen LogP contribution in [0.3, 0.4) is 0 Å². The Hall–Kier alpha value is -2.57. The third-order valence-electron chi connectivity index (χ3n) is 2.45. The van der Waals surface area contributed by atoms with Crippen molar-refractivity contribution in [3.05, 3.63) is 57.9 Å². The lowest BCUT2D eigenvalue weighted by atomic mass is 10.2. The fourth-order valence-corrected chi connectivity index (χ4v) is 1.55. The second-order valence-corrected chi connectivity index (χ2v) is 3.87. The van der Waals surface area contributed by atoms with Crippen LogP contribution < -0.4 is 5.32 Å². The summed E-state index contributed by atoms with van der Waals surface area (Å²) >= 11 is 0. The number of nitrogens with zero attached hydrogens (tertiary/aromatic N) is 3. The molecule has 0 aliphatic rings. The fourth-order valence-electron chi connectivity index (χ4n) is 1.55. The lowest BCUT2D eigenvalue weighted by molar-refractivity contribution is -0.384. The third kappa shape index (κ3) is 3.21. The summed E-state index contributed by atoms with van der Waals surface area (Å²) in [6.07, 6.45) is 1.60. The summed E-state index contributed by atoms with van der Waals surface area (Å²) < 4.78 is 13.5. The Bertz CT molecular complexity index is 618. The molecule has 6 nitrogen and oxygen atoms in total. The number of non-ortho nitro benzene ring substituents is 1. The smallest absolute Gasteiger partial charge is 0.271 e. The number of hydrogen-bond donors (Lipinski definition) is 1. The highest BCUT2D eigenvalue weighted by atomic mass is 19.1. The van der Waals surface area contributed by atoms with E-state index in [0.29, 0.717) is 11.5 Å². The van der Waals surface area contributed by atoms with E-state index in [1.807, 2.05) is 0 Å². The molecule has 2 rings (SSSR count). The molecule has 0 unspecified atom stereocenters. The van der Waals surface area contributed by atoms with Crippen LogP contribution in [-0.2, 0) is 6.54 Å². The van der Waals surface area contributed by atoms with E-state index >= 15 is 0 Å². The largest absolute Gasteiger partial charge is 0.377 e. The molecule has 0 aliphatic heterocycles. The summed E-state index contributed by atoms with van der Waals surface area (Å²) in [4.78, 5) is 18.1. The van der Waals surface area contributed by atoms with E-state index in [9.17, 15) is 14.5 Å². The van der Waals surface area contributed by atoms with Gasteiger partial charge in [0.15, 0.2) is 0 Å². The zero-order valence-electron chi connectivity index (χ0n) is 10.1. The van der Waals surface area contributed by atoms with Crippen molar-refractivity contribution in [1.82, 2.24) is 9.97 Å². The maximum atomic E-state index is 13.5. The Morgan fingerprint density at radius 1 is 1.42 bits per heavy atom. The van der Waals surface area contributed by atoms with Gasteiger partial charge in [-0.15, -0.1) is 0 Å². The molecular weight excluding hydrogens is 251 g/mol. The normalized spacial score (nSPS) is 10.2. The maximum absolute atomic E-state index is 13.5. The van der Waals surface area contributed by atoms with Crippen molar-refractivity contribution in [1.29, 1.82) is 0 Å². The Kier molecular flexibility index (Phi) is 3.65. The topological polar surface area (TPSA) is 81.0 Å². The van der Waals surface area contributed by atoms with Gasteiger partial charge in [0.1, 0.15) is 11.6 Å². The van der Waals surface area contributed by atoms with Gasteiger partial charge in [-0.05, 0) is 19.1 Å². The first kappa shape index (κ1) is 12.9. The van der Waals surface area contributed by atoms with E-state index < -0.39 is 10.7 Å².